The van der Waals surface area contributed by atoms with Crippen LogP contribution in [0, 0.1) is 6.92 Å². The molecule has 0 fully saturated rings. The SMILES string of the molecule is Cc1cc(CCl)c(C(=O)O)c(C(F)F)n1. The highest BCUT2D eigenvalue weighted by Crippen LogP contribution is 2.25. The van der Waals surface area contributed by atoms with E-state index in [4.69, 9.17) is 16.7 Å². The number of hydrogen-bond donors (Lipinski definition) is 1. The summed E-state index contributed by atoms with van der Waals surface area (Å²) in [7, 11) is 0. The second kappa shape index (κ2) is 4.53. The van der Waals surface area contributed by atoms with Crippen molar-refractivity contribution in [2.45, 2.75) is 19.2 Å². The Balaban J connectivity index is 3.47. The summed E-state index contributed by atoms with van der Waals surface area (Å²) in [5.74, 6) is -1.57. The van der Waals surface area contributed by atoms with Crippen LogP contribution >= 0.6 is 11.6 Å². The maximum atomic E-state index is 12.5. The highest BCUT2D eigenvalue weighted by Gasteiger charge is 2.23. The van der Waals surface area contributed by atoms with E-state index in [1.54, 1.807) is 0 Å². The molecule has 82 valence electrons. The van der Waals surface area contributed by atoms with Crippen molar-refractivity contribution in [3.8, 4) is 0 Å². The summed E-state index contributed by atoms with van der Waals surface area (Å²) >= 11 is 5.49. The molecule has 0 aliphatic heterocycles. The van der Waals surface area contributed by atoms with Gasteiger partial charge < -0.3 is 5.11 Å². The summed E-state index contributed by atoms with van der Waals surface area (Å²) in [6, 6.07) is 1.39. The van der Waals surface area contributed by atoms with E-state index in [9.17, 15) is 13.6 Å². The number of nitrogens with zero attached hydrogens (tertiary/aromatic N) is 1. The first-order valence-electron chi connectivity index (χ1n) is 4.05. The lowest BCUT2D eigenvalue weighted by Gasteiger charge is -2.09. The van der Waals surface area contributed by atoms with Gasteiger partial charge in [0.15, 0.2) is 0 Å². The van der Waals surface area contributed by atoms with E-state index in [0.717, 1.165) is 0 Å². The van der Waals surface area contributed by atoms with Gasteiger partial charge in [-0.05, 0) is 18.6 Å². The summed E-state index contributed by atoms with van der Waals surface area (Å²) in [5, 5.41) is 8.79. The van der Waals surface area contributed by atoms with Gasteiger partial charge in [0.2, 0.25) is 0 Å². The molecular formula is C9H8ClF2NO2. The fraction of sp³-hybridized carbons (Fsp3) is 0.333. The number of alkyl halides is 3. The van der Waals surface area contributed by atoms with Crippen LogP contribution in [-0.2, 0) is 5.88 Å². The fourth-order valence-electron chi connectivity index (χ4n) is 1.28. The number of carboxylic acid groups (broad SMARTS) is 1. The van der Waals surface area contributed by atoms with Crippen LogP contribution in [0.3, 0.4) is 0 Å². The average Bonchev–Trinajstić information content (AvgIpc) is 2.15. The molecule has 3 nitrogen and oxygen atoms in total. The van der Waals surface area contributed by atoms with Crippen LogP contribution in [-0.4, -0.2) is 16.1 Å². The maximum Gasteiger partial charge on any atom is 0.338 e. The number of carboxylic acids is 1. The molecular weight excluding hydrogens is 228 g/mol. The summed E-state index contributed by atoms with van der Waals surface area (Å²) < 4.78 is 25.0. The molecule has 0 aromatic carbocycles. The quantitative estimate of drug-likeness (QED) is 0.820. The Kier molecular flexibility index (Phi) is 3.57. The number of aromatic carboxylic acids is 1. The Hall–Kier alpha value is -1.23. The highest BCUT2D eigenvalue weighted by atomic mass is 35.5. The number of pyridine rings is 1. The van der Waals surface area contributed by atoms with Gasteiger partial charge in [-0.1, -0.05) is 0 Å². The minimum atomic E-state index is -2.92. The van der Waals surface area contributed by atoms with Crippen molar-refractivity contribution in [2.24, 2.45) is 0 Å². The molecule has 0 aliphatic carbocycles. The monoisotopic (exact) mass is 235 g/mol. The standard InChI is InChI=1S/C9H8ClF2NO2/c1-4-2-5(3-10)6(9(14)15)7(13-4)8(11)12/h2,8H,3H2,1H3,(H,14,15). The predicted octanol–water partition coefficient (Wildman–Crippen LogP) is 2.76. The van der Waals surface area contributed by atoms with Gasteiger partial charge in [-0.15, -0.1) is 11.6 Å². The van der Waals surface area contributed by atoms with Gasteiger partial charge in [0.1, 0.15) is 5.69 Å². The van der Waals surface area contributed by atoms with Crippen molar-refractivity contribution in [2.75, 3.05) is 0 Å². The first-order chi connectivity index (χ1) is 6.97. The van der Waals surface area contributed by atoms with Crippen LogP contribution in [0.5, 0.6) is 0 Å². The predicted molar refractivity (Wildman–Crippen MR) is 50.4 cm³/mol. The van der Waals surface area contributed by atoms with E-state index in [1.807, 2.05) is 0 Å². The molecule has 0 saturated heterocycles. The Morgan fingerprint density at radius 2 is 2.27 bits per heavy atom. The maximum absolute atomic E-state index is 12.5. The third-order valence-electron chi connectivity index (χ3n) is 1.82. The van der Waals surface area contributed by atoms with Crippen LogP contribution in [0.25, 0.3) is 0 Å². The number of aryl methyl sites for hydroxylation is 1. The van der Waals surface area contributed by atoms with E-state index in [0.29, 0.717) is 5.69 Å². The van der Waals surface area contributed by atoms with Crippen molar-refractivity contribution in [1.29, 1.82) is 0 Å². The molecule has 0 spiro atoms. The third kappa shape index (κ3) is 2.41. The molecule has 0 unspecified atom stereocenters. The molecule has 0 radical (unpaired) electrons. The van der Waals surface area contributed by atoms with Crippen molar-refractivity contribution in [3.63, 3.8) is 0 Å². The lowest BCUT2D eigenvalue weighted by atomic mass is 10.1. The minimum absolute atomic E-state index is 0.134. The third-order valence-corrected chi connectivity index (χ3v) is 2.11. The molecule has 15 heavy (non-hydrogen) atoms. The van der Waals surface area contributed by atoms with Gasteiger partial charge in [0.25, 0.3) is 6.43 Å². The van der Waals surface area contributed by atoms with Crippen LogP contribution in [0.1, 0.15) is 33.7 Å². The molecule has 0 aliphatic rings. The number of halogens is 3. The van der Waals surface area contributed by atoms with E-state index in [2.05, 4.69) is 4.98 Å². The van der Waals surface area contributed by atoms with Gasteiger partial charge in [-0.2, -0.15) is 0 Å². The Labute approximate surface area is 89.7 Å². The van der Waals surface area contributed by atoms with Gasteiger partial charge in [0.05, 0.1) is 5.56 Å². The first kappa shape index (κ1) is 11.8. The lowest BCUT2D eigenvalue weighted by molar-refractivity contribution is 0.0681. The molecule has 0 bridgehead atoms. The molecule has 1 N–H and O–H groups in total. The smallest absolute Gasteiger partial charge is 0.338 e. The first-order valence-corrected chi connectivity index (χ1v) is 4.58. The summed E-state index contributed by atoms with van der Waals surface area (Å²) in [6.07, 6.45) is -2.92. The zero-order valence-electron chi connectivity index (χ0n) is 7.80. The number of hydrogen-bond acceptors (Lipinski definition) is 2. The normalized spacial score (nSPS) is 10.7. The summed E-state index contributed by atoms with van der Waals surface area (Å²) in [4.78, 5) is 14.3. The Bertz CT molecular complexity index is 396. The minimum Gasteiger partial charge on any atom is -0.478 e. The van der Waals surface area contributed by atoms with E-state index in [-0.39, 0.29) is 11.4 Å². The average molecular weight is 236 g/mol. The molecule has 1 rings (SSSR count). The molecule has 1 aromatic heterocycles. The number of aromatic nitrogens is 1. The van der Waals surface area contributed by atoms with Gasteiger partial charge in [-0.25, -0.2) is 13.6 Å². The Morgan fingerprint density at radius 1 is 1.67 bits per heavy atom. The van der Waals surface area contributed by atoms with Crippen LogP contribution in [0.15, 0.2) is 6.07 Å². The summed E-state index contributed by atoms with van der Waals surface area (Å²) in [6.45, 7) is 1.51. The van der Waals surface area contributed by atoms with Crippen LogP contribution < -0.4 is 0 Å². The number of carbonyl (C=O) groups is 1. The lowest BCUT2D eigenvalue weighted by Crippen LogP contribution is -2.10. The number of rotatable bonds is 3. The summed E-state index contributed by atoms with van der Waals surface area (Å²) in [5.41, 5.74) is -0.735. The van der Waals surface area contributed by atoms with E-state index >= 15 is 0 Å². The second-order valence-corrected chi connectivity index (χ2v) is 3.19. The fourth-order valence-corrected chi connectivity index (χ4v) is 1.49. The molecule has 0 atom stereocenters. The van der Waals surface area contributed by atoms with Crippen molar-refractivity contribution >= 4 is 17.6 Å². The molecule has 1 aromatic rings. The van der Waals surface area contributed by atoms with Crippen LogP contribution in [0.4, 0.5) is 8.78 Å². The molecule has 0 saturated carbocycles. The highest BCUT2D eigenvalue weighted by molar-refractivity contribution is 6.17. The van der Waals surface area contributed by atoms with Crippen molar-refractivity contribution < 1.29 is 18.7 Å². The van der Waals surface area contributed by atoms with E-state index in [1.165, 1.54) is 13.0 Å². The topological polar surface area (TPSA) is 50.2 Å². The largest absolute Gasteiger partial charge is 0.478 e. The molecule has 0 amide bonds. The molecule has 1 heterocycles. The van der Waals surface area contributed by atoms with Gasteiger partial charge >= 0.3 is 5.97 Å². The second-order valence-electron chi connectivity index (χ2n) is 2.92. The van der Waals surface area contributed by atoms with E-state index < -0.39 is 23.7 Å². The van der Waals surface area contributed by atoms with Crippen molar-refractivity contribution in [3.05, 3.63) is 28.6 Å². The van der Waals surface area contributed by atoms with Crippen molar-refractivity contribution in [1.82, 2.24) is 4.98 Å². The van der Waals surface area contributed by atoms with Gasteiger partial charge in [0, 0.05) is 11.6 Å². The Morgan fingerprint density at radius 3 is 2.67 bits per heavy atom. The van der Waals surface area contributed by atoms with Crippen LogP contribution in [0.2, 0.25) is 0 Å². The van der Waals surface area contributed by atoms with Gasteiger partial charge in [-0.3, -0.25) is 4.98 Å². The zero-order chi connectivity index (χ0) is 11.6. The molecule has 6 heteroatoms. The zero-order valence-corrected chi connectivity index (χ0v) is 8.55.